The summed E-state index contributed by atoms with van der Waals surface area (Å²) in [5.74, 6) is 1.40. The number of hydrogen-bond acceptors (Lipinski definition) is 7. The molecular weight excluding hydrogens is 540 g/mol. The third-order valence-corrected chi connectivity index (χ3v) is 8.43. The molecule has 218 valence electrons. The van der Waals surface area contributed by atoms with E-state index in [0.717, 1.165) is 23.0 Å². The Hall–Kier alpha value is -3.85. The van der Waals surface area contributed by atoms with E-state index in [4.69, 9.17) is 14.2 Å². The standard InChI is InChI=1S/C32H38N2O6S/c1-32(2,3)23-11-8-21(9-12-23)26(27-15-16-29(41(7,36)37)31(33-27)40-6)18-24-13-17-30(35)34(24)20-22-10-14-25(38-4)19-28(22)39-5/h8-12,14-16,18-19,24H,13,17,20H2,1-7H3/b26-18+/t24-/m1/s1. The van der Waals surface area contributed by atoms with Crippen LogP contribution in [0.5, 0.6) is 17.4 Å². The second-order valence-electron chi connectivity index (χ2n) is 11.2. The van der Waals surface area contributed by atoms with Gasteiger partial charge in [0.15, 0.2) is 9.84 Å². The van der Waals surface area contributed by atoms with Crippen LogP contribution in [-0.4, -0.2) is 57.8 Å². The van der Waals surface area contributed by atoms with Crippen molar-refractivity contribution in [2.45, 2.75) is 56.5 Å². The van der Waals surface area contributed by atoms with Crippen LogP contribution in [0, 0.1) is 0 Å². The van der Waals surface area contributed by atoms with Crippen LogP contribution < -0.4 is 14.2 Å². The van der Waals surface area contributed by atoms with Gasteiger partial charge in [-0.3, -0.25) is 4.79 Å². The molecule has 2 heterocycles. The number of carbonyl (C=O) groups excluding carboxylic acids is 1. The number of methoxy groups -OCH3 is 3. The topological polar surface area (TPSA) is 95.0 Å². The Morgan fingerprint density at radius 2 is 1.71 bits per heavy atom. The summed E-state index contributed by atoms with van der Waals surface area (Å²) in [6.07, 6.45) is 4.23. The zero-order valence-electron chi connectivity index (χ0n) is 24.7. The van der Waals surface area contributed by atoms with Crippen molar-refractivity contribution in [3.63, 3.8) is 0 Å². The first-order valence-corrected chi connectivity index (χ1v) is 15.3. The van der Waals surface area contributed by atoms with Crippen molar-refractivity contribution in [2.24, 2.45) is 0 Å². The minimum absolute atomic E-state index is 0.0207. The molecule has 1 aliphatic heterocycles. The molecule has 0 radical (unpaired) electrons. The summed E-state index contributed by atoms with van der Waals surface area (Å²) in [6, 6.07) is 16.8. The zero-order chi connectivity index (χ0) is 29.9. The van der Waals surface area contributed by atoms with Gasteiger partial charge in [0.25, 0.3) is 0 Å². The van der Waals surface area contributed by atoms with Crippen LogP contribution in [0.25, 0.3) is 5.57 Å². The maximum Gasteiger partial charge on any atom is 0.232 e. The quantitative estimate of drug-likeness (QED) is 0.334. The zero-order valence-corrected chi connectivity index (χ0v) is 25.5. The number of pyridine rings is 1. The molecule has 41 heavy (non-hydrogen) atoms. The predicted molar refractivity (Wildman–Crippen MR) is 159 cm³/mol. The summed E-state index contributed by atoms with van der Waals surface area (Å²) < 4.78 is 40.9. The van der Waals surface area contributed by atoms with Gasteiger partial charge in [-0.15, -0.1) is 0 Å². The molecule has 0 spiro atoms. The maximum atomic E-state index is 13.1. The molecule has 1 aromatic heterocycles. The van der Waals surface area contributed by atoms with E-state index in [2.05, 4.69) is 44.0 Å². The van der Waals surface area contributed by atoms with Crippen molar-refractivity contribution in [3.8, 4) is 17.4 Å². The van der Waals surface area contributed by atoms with Gasteiger partial charge in [0.1, 0.15) is 16.4 Å². The third kappa shape index (κ3) is 6.73. The average molecular weight is 579 g/mol. The average Bonchev–Trinajstić information content (AvgIpc) is 3.28. The second-order valence-corrected chi connectivity index (χ2v) is 13.2. The molecule has 4 rings (SSSR count). The van der Waals surface area contributed by atoms with Gasteiger partial charge in [-0.2, -0.15) is 0 Å². The maximum absolute atomic E-state index is 13.1. The second kappa shape index (κ2) is 11.9. The first-order chi connectivity index (χ1) is 19.3. The van der Waals surface area contributed by atoms with E-state index in [1.54, 1.807) is 20.3 Å². The van der Waals surface area contributed by atoms with Gasteiger partial charge in [0.05, 0.1) is 33.1 Å². The number of amides is 1. The monoisotopic (exact) mass is 578 g/mol. The first kappa shape index (κ1) is 30.1. The highest BCUT2D eigenvalue weighted by Crippen LogP contribution is 2.34. The van der Waals surface area contributed by atoms with Gasteiger partial charge < -0.3 is 19.1 Å². The van der Waals surface area contributed by atoms with Gasteiger partial charge in [-0.1, -0.05) is 51.1 Å². The first-order valence-electron chi connectivity index (χ1n) is 13.4. The third-order valence-electron chi connectivity index (χ3n) is 7.32. The highest BCUT2D eigenvalue weighted by atomic mass is 32.2. The van der Waals surface area contributed by atoms with Gasteiger partial charge in [-0.25, -0.2) is 13.4 Å². The number of hydrogen-bond donors (Lipinski definition) is 0. The van der Waals surface area contributed by atoms with Crippen LogP contribution in [0.3, 0.4) is 0 Å². The Labute approximate surface area is 242 Å². The number of rotatable bonds is 9. The Morgan fingerprint density at radius 3 is 2.29 bits per heavy atom. The van der Waals surface area contributed by atoms with Gasteiger partial charge in [0.2, 0.25) is 11.8 Å². The number of benzene rings is 2. The lowest BCUT2D eigenvalue weighted by molar-refractivity contribution is -0.129. The highest BCUT2D eigenvalue weighted by Gasteiger charge is 2.31. The number of sulfone groups is 1. The highest BCUT2D eigenvalue weighted by molar-refractivity contribution is 7.90. The molecule has 3 aromatic rings. The SMILES string of the molecule is COc1ccc(CN2C(=O)CC[C@@H]2/C=C(\c2ccc(C(C)(C)C)cc2)c2ccc(S(C)(=O)=O)c(OC)n2)c(OC)c1. The smallest absolute Gasteiger partial charge is 0.232 e. The number of carbonyl (C=O) groups is 1. The minimum atomic E-state index is -3.54. The van der Waals surface area contributed by atoms with Crippen molar-refractivity contribution >= 4 is 21.3 Å². The molecule has 1 atom stereocenters. The van der Waals surface area contributed by atoms with E-state index in [0.29, 0.717) is 36.6 Å². The molecule has 0 aliphatic carbocycles. The summed E-state index contributed by atoms with van der Waals surface area (Å²) in [5.41, 5.74) is 4.28. The van der Waals surface area contributed by atoms with Crippen LogP contribution in [0.15, 0.2) is 65.6 Å². The van der Waals surface area contributed by atoms with Crippen molar-refractivity contribution in [1.29, 1.82) is 0 Å². The molecule has 8 nitrogen and oxygen atoms in total. The Morgan fingerprint density at radius 1 is 1.00 bits per heavy atom. The van der Waals surface area contributed by atoms with Crippen LogP contribution in [-0.2, 0) is 26.6 Å². The molecule has 1 aliphatic rings. The molecule has 1 saturated heterocycles. The molecule has 2 aromatic carbocycles. The van der Waals surface area contributed by atoms with E-state index in [9.17, 15) is 13.2 Å². The van der Waals surface area contributed by atoms with E-state index in [1.165, 1.54) is 18.7 Å². The molecule has 0 N–H and O–H groups in total. The molecular formula is C32H38N2O6S. The van der Waals surface area contributed by atoms with Crippen molar-refractivity contribution in [1.82, 2.24) is 9.88 Å². The fourth-order valence-corrected chi connectivity index (χ4v) is 5.74. The summed E-state index contributed by atoms with van der Waals surface area (Å²) in [7, 11) is 1.06. The number of likely N-dealkylation sites (tertiary alicyclic amines) is 1. The van der Waals surface area contributed by atoms with Crippen LogP contribution in [0.2, 0.25) is 0 Å². The van der Waals surface area contributed by atoms with Gasteiger partial charge in [0, 0.05) is 36.4 Å². The van der Waals surface area contributed by atoms with Crippen molar-refractivity contribution in [2.75, 3.05) is 27.6 Å². The minimum Gasteiger partial charge on any atom is -0.497 e. The summed E-state index contributed by atoms with van der Waals surface area (Å²) in [5, 5.41) is 0. The summed E-state index contributed by atoms with van der Waals surface area (Å²) >= 11 is 0. The lowest BCUT2D eigenvalue weighted by atomic mass is 9.86. The fraction of sp³-hybridized carbons (Fsp3) is 0.375. The Kier molecular flexibility index (Phi) is 8.77. The van der Waals surface area contributed by atoms with Crippen LogP contribution in [0.4, 0.5) is 0 Å². The molecule has 0 bridgehead atoms. The largest absolute Gasteiger partial charge is 0.497 e. The normalized spacial score (nSPS) is 16.2. The molecule has 0 unspecified atom stereocenters. The molecule has 9 heteroatoms. The number of ether oxygens (including phenoxy) is 3. The van der Waals surface area contributed by atoms with E-state index in [-0.39, 0.29) is 28.1 Å². The van der Waals surface area contributed by atoms with E-state index < -0.39 is 9.84 Å². The lowest BCUT2D eigenvalue weighted by Crippen LogP contribution is -2.31. The Balaban J connectivity index is 1.81. The van der Waals surface area contributed by atoms with Crippen LogP contribution >= 0.6 is 0 Å². The van der Waals surface area contributed by atoms with E-state index in [1.807, 2.05) is 35.2 Å². The van der Waals surface area contributed by atoms with Gasteiger partial charge >= 0.3 is 0 Å². The fourth-order valence-electron chi connectivity index (χ4n) is 4.98. The molecule has 0 saturated carbocycles. The summed E-state index contributed by atoms with van der Waals surface area (Å²) in [4.78, 5) is 19.6. The van der Waals surface area contributed by atoms with Crippen molar-refractivity contribution in [3.05, 3.63) is 83.1 Å². The molecule has 1 fully saturated rings. The number of nitrogens with zero attached hydrogens (tertiary/aromatic N) is 2. The van der Waals surface area contributed by atoms with E-state index >= 15 is 0 Å². The van der Waals surface area contributed by atoms with Gasteiger partial charge in [-0.05, 0) is 47.2 Å². The van der Waals surface area contributed by atoms with Crippen LogP contribution in [0.1, 0.15) is 56.0 Å². The Bertz CT molecular complexity index is 1560. The lowest BCUT2D eigenvalue weighted by Gasteiger charge is -2.25. The molecule has 1 amide bonds. The number of aromatic nitrogens is 1. The predicted octanol–water partition coefficient (Wildman–Crippen LogP) is 5.43. The van der Waals surface area contributed by atoms with Crippen molar-refractivity contribution < 1.29 is 27.4 Å². The summed E-state index contributed by atoms with van der Waals surface area (Å²) in [6.45, 7) is 6.84.